The van der Waals surface area contributed by atoms with E-state index >= 15 is 0 Å². The average molecular weight is 262 g/mol. The van der Waals surface area contributed by atoms with Gasteiger partial charge in [-0.05, 0) is 43.5 Å². The highest BCUT2D eigenvalue weighted by molar-refractivity contribution is 5.41. The third-order valence-corrected chi connectivity index (χ3v) is 4.07. The summed E-state index contributed by atoms with van der Waals surface area (Å²) < 4.78 is 0. The summed E-state index contributed by atoms with van der Waals surface area (Å²) in [6.07, 6.45) is 6.38. The maximum absolute atomic E-state index is 10.2. The summed E-state index contributed by atoms with van der Waals surface area (Å²) in [6.45, 7) is 1.78. The lowest BCUT2D eigenvalue weighted by Gasteiger charge is -2.28. The number of anilines is 1. The third-order valence-electron chi connectivity index (χ3n) is 4.07. The fourth-order valence-electron chi connectivity index (χ4n) is 3.05. The highest BCUT2D eigenvalue weighted by Crippen LogP contribution is 2.25. The van der Waals surface area contributed by atoms with Gasteiger partial charge < -0.3 is 15.7 Å². The first kappa shape index (κ1) is 14.4. The van der Waals surface area contributed by atoms with Crippen molar-refractivity contribution in [3.63, 3.8) is 0 Å². The van der Waals surface area contributed by atoms with Gasteiger partial charge in [0.2, 0.25) is 0 Å². The summed E-state index contributed by atoms with van der Waals surface area (Å²) >= 11 is 0. The van der Waals surface area contributed by atoms with Crippen LogP contribution in [0.25, 0.3) is 0 Å². The normalized spacial score (nSPS) is 18.7. The first-order valence-corrected chi connectivity index (χ1v) is 7.37. The fraction of sp³-hybridized carbons (Fsp3) is 0.625. The van der Waals surface area contributed by atoms with Crippen molar-refractivity contribution in [3.8, 4) is 0 Å². The van der Waals surface area contributed by atoms with E-state index in [1.54, 1.807) is 0 Å². The lowest BCUT2D eigenvalue weighted by atomic mass is 9.89. The zero-order valence-electron chi connectivity index (χ0n) is 11.9. The zero-order chi connectivity index (χ0) is 13.7. The van der Waals surface area contributed by atoms with Crippen molar-refractivity contribution in [3.05, 3.63) is 29.8 Å². The molecule has 3 heteroatoms. The monoisotopic (exact) mass is 262 g/mol. The Hall–Kier alpha value is -1.06. The highest BCUT2D eigenvalue weighted by Gasteiger charge is 2.17. The average Bonchev–Trinajstić information content (AvgIpc) is 2.39. The number of likely N-dealkylation sites (N-methyl/N-ethyl adjacent to an activating group) is 1. The Morgan fingerprint density at radius 1 is 1.32 bits per heavy atom. The van der Waals surface area contributed by atoms with Gasteiger partial charge in [0.25, 0.3) is 0 Å². The number of nitrogens with two attached hydrogens (primary N) is 1. The summed E-state index contributed by atoms with van der Waals surface area (Å²) in [5.74, 6) is 0.812. The van der Waals surface area contributed by atoms with Gasteiger partial charge in [-0.1, -0.05) is 31.4 Å². The zero-order valence-corrected chi connectivity index (χ0v) is 11.9. The third kappa shape index (κ3) is 4.51. The van der Waals surface area contributed by atoms with Crippen LogP contribution in [-0.4, -0.2) is 30.1 Å². The number of aliphatic hydroxyl groups is 1. The molecule has 106 valence electrons. The Morgan fingerprint density at radius 2 is 2.05 bits per heavy atom. The van der Waals surface area contributed by atoms with Crippen molar-refractivity contribution < 1.29 is 5.11 Å². The standard InChI is InChI=1S/C16H26N2O/c1-18(11-13-6-3-2-4-7-13)12-16(19)14-8-5-9-15(17)10-14/h5,8-10,13,16,19H,2-4,6-7,11-12,17H2,1H3. The molecular weight excluding hydrogens is 236 g/mol. The molecule has 1 saturated carbocycles. The van der Waals surface area contributed by atoms with E-state index in [4.69, 9.17) is 5.73 Å². The maximum atomic E-state index is 10.2. The van der Waals surface area contributed by atoms with Crippen LogP contribution in [0, 0.1) is 5.92 Å². The molecule has 0 aliphatic heterocycles. The molecule has 0 aromatic heterocycles. The minimum atomic E-state index is -0.447. The maximum Gasteiger partial charge on any atom is 0.0917 e. The van der Waals surface area contributed by atoms with E-state index in [1.807, 2.05) is 24.3 Å². The van der Waals surface area contributed by atoms with Gasteiger partial charge in [-0.3, -0.25) is 0 Å². The van der Waals surface area contributed by atoms with Gasteiger partial charge in [-0.15, -0.1) is 0 Å². The van der Waals surface area contributed by atoms with E-state index in [1.165, 1.54) is 32.1 Å². The number of nitrogen functional groups attached to an aromatic ring is 1. The van der Waals surface area contributed by atoms with E-state index < -0.39 is 6.10 Å². The van der Waals surface area contributed by atoms with Gasteiger partial charge in [0, 0.05) is 18.8 Å². The fourth-order valence-corrected chi connectivity index (χ4v) is 3.05. The molecule has 1 aliphatic rings. The number of benzene rings is 1. The molecule has 3 N–H and O–H groups in total. The van der Waals surface area contributed by atoms with Crippen LogP contribution < -0.4 is 5.73 Å². The van der Waals surface area contributed by atoms with Crippen LogP contribution in [0.3, 0.4) is 0 Å². The number of nitrogens with zero attached hydrogens (tertiary/aromatic N) is 1. The van der Waals surface area contributed by atoms with Gasteiger partial charge >= 0.3 is 0 Å². The summed E-state index contributed by atoms with van der Waals surface area (Å²) in [6, 6.07) is 7.55. The number of rotatable bonds is 5. The number of aliphatic hydroxyl groups excluding tert-OH is 1. The molecule has 1 fully saturated rings. The Balaban J connectivity index is 1.82. The van der Waals surface area contributed by atoms with E-state index in [2.05, 4.69) is 11.9 Å². The van der Waals surface area contributed by atoms with Crippen molar-refractivity contribution in [2.45, 2.75) is 38.2 Å². The minimum Gasteiger partial charge on any atom is -0.399 e. The van der Waals surface area contributed by atoms with Crippen LogP contribution in [0.4, 0.5) is 5.69 Å². The molecule has 0 saturated heterocycles. The van der Waals surface area contributed by atoms with Crippen molar-refractivity contribution in [1.82, 2.24) is 4.90 Å². The molecular formula is C16H26N2O. The lowest BCUT2D eigenvalue weighted by molar-refractivity contribution is 0.113. The predicted octanol–water partition coefficient (Wildman–Crippen LogP) is 2.81. The summed E-state index contributed by atoms with van der Waals surface area (Å²) in [5.41, 5.74) is 7.38. The minimum absolute atomic E-state index is 0.447. The van der Waals surface area contributed by atoms with E-state index in [-0.39, 0.29) is 0 Å². The van der Waals surface area contributed by atoms with Crippen LogP contribution >= 0.6 is 0 Å². The van der Waals surface area contributed by atoms with Crippen molar-refractivity contribution in [2.75, 3.05) is 25.9 Å². The number of hydrogen-bond acceptors (Lipinski definition) is 3. The summed E-state index contributed by atoms with van der Waals surface area (Å²) in [4.78, 5) is 2.25. The van der Waals surface area contributed by atoms with Crippen LogP contribution in [0.5, 0.6) is 0 Å². The molecule has 3 nitrogen and oxygen atoms in total. The summed E-state index contributed by atoms with van der Waals surface area (Å²) in [7, 11) is 2.10. The Morgan fingerprint density at radius 3 is 2.74 bits per heavy atom. The smallest absolute Gasteiger partial charge is 0.0917 e. The quantitative estimate of drug-likeness (QED) is 0.802. The molecule has 0 heterocycles. The second-order valence-electron chi connectivity index (χ2n) is 5.91. The second kappa shape index (κ2) is 6.92. The Bertz CT molecular complexity index is 388. The molecule has 1 atom stereocenters. The molecule has 1 unspecified atom stereocenters. The van der Waals surface area contributed by atoms with Gasteiger partial charge in [0.1, 0.15) is 0 Å². The molecule has 0 amide bonds. The van der Waals surface area contributed by atoms with Crippen molar-refractivity contribution in [1.29, 1.82) is 0 Å². The Kier molecular flexibility index (Phi) is 5.23. The molecule has 0 radical (unpaired) electrons. The SMILES string of the molecule is CN(CC1CCCCC1)CC(O)c1cccc(N)c1. The molecule has 0 spiro atoms. The molecule has 0 bridgehead atoms. The lowest BCUT2D eigenvalue weighted by Crippen LogP contribution is -2.30. The summed E-state index contributed by atoms with van der Waals surface area (Å²) in [5, 5.41) is 10.2. The molecule has 1 aromatic carbocycles. The van der Waals surface area contributed by atoms with Gasteiger partial charge in [-0.25, -0.2) is 0 Å². The highest BCUT2D eigenvalue weighted by atomic mass is 16.3. The topological polar surface area (TPSA) is 49.5 Å². The number of hydrogen-bond donors (Lipinski definition) is 2. The molecule has 1 aliphatic carbocycles. The first-order valence-electron chi connectivity index (χ1n) is 7.37. The van der Waals surface area contributed by atoms with Gasteiger partial charge in [0.15, 0.2) is 0 Å². The van der Waals surface area contributed by atoms with Crippen LogP contribution in [0.2, 0.25) is 0 Å². The van der Waals surface area contributed by atoms with Crippen LogP contribution in [-0.2, 0) is 0 Å². The van der Waals surface area contributed by atoms with Crippen LogP contribution in [0.15, 0.2) is 24.3 Å². The molecule has 19 heavy (non-hydrogen) atoms. The van der Waals surface area contributed by atoms with E-state index in [0.29, 0.717) is 12.2 Å². The van der Waals surface area contributed by atoms with Crippen molar-refractivity contribution >= 4 is 5.69 Å². The van der Waals surface area contributed by atoms with Crippen LogP contribution in [0.1, 0.15) is 43.8 Å². The molecule has 1 aromatic rings. The van der Waals surface area contributed by atoms with Gasteiger partial charge in [0.05, 0.1) is 6.10 Å². The van der Waals surface area contributed by atoms with Crippen molar-refractivity contribution in [2.24, 2.45) is 5.92 Å². The predicted molar refractivity (Wildman–Crippen MR) is 79.9 cm³/mol. The second-order valence-corrected chi connectivity index (χ2v) is 5.91. The Labute approximate surface area is 116 Å². The molecule has 2 rings (SSSR count). The van der Waals surface area contributed by atoms with E-state index in [0.717, 1.165) is 18.0 Å². The largest absolute Gasteiger partial charge is 0.399 e. The van der Waals surface area contributed by atoms with E-state index in [9.17, 15) is 5.11 Å². The first-order chi connectivity index (χ1) is 9.15. The van der Waals surface area contributed by atoms with Gasteiger partial charge in [-0.2, -0.15) is 0 Å².